The second kappa shape index (κ2) is 4.86. The van der Waals surface area contributed by atoms with Crippen molar-refractivity contribution in [2.45, 2.75) is 30.5 Å². The molecule has 6 N–H and O–H groups in total. The van der Waals surface area contributed by atoms with E-state index in [1.54, 1.807) is 12.3 Å². The first-order valence-electron chi connectivity index (χ1n) is 6.77. The van der Waals surface area contributed by atoms with Gasteiger partial charge in [0.15, 0.2) is 11.3 Å². The first kappa shape index (κ1) is 15.1. The van der Waals surface area contributed by atoms with Gasteiger partial charge >= 0.3 is 0 Å². The van der Waals surface area contributed by atoms with E-state index in [0.29, 0.717) is 11.0 Å². The van der Waals surface area contributed by atoms with Gasteiger partial charge in [0, 0.05) is 6.20 Å². The number of hydrogen-bond donors (Lipinski definition) is 5. The molecule has 0 bridgehead atoms. The van der Waals surface area contributed by atoms with Gasteiger partial charge in [-0.2, -0.15) is 0 Å². The maximum absolute atomic E-state index is 10.8. The summed E-state index contributed by atoms with van der Waals surface area (Å²) in [7, 11) is 0. The standard InChI is InChI=1S/C13H18N4O5/c1-12(13(21,5-19)9(20)8(4-18)22-12)17-3-2-7-10(14)15-6-16-11(7)17/h2-3,6,8-9,18-21H,4-5H2,1H3,(H2,14,15,16)/t8-,9-,12-,13-/m1/s1. The van der Waals surface area contributed by atoms with Crippen molar-refractivity contribution in [3.05, 3.63) is 18.6 Å². The first-order chi connectivity index (χ1) is 10.4. The predicted octanol–water partition coefficient (Wildman–Crippen LogP) is -1.84. The van der Waals surface area contributed by atoms with Gasteiger partial charge in [0.05, 0.1) is 18.6 Å². The average Bonchev–Trinajstić information content (AvgIpc) is 3.03. The topological polar surface area (TPSA) is 147 Å². The molecule has 0 spiro atoms. The Hall–Kier alpha value is -1.78. The molecule has 1 aliphatic heterocycles. The maximum atomic E-state index is 10.8. The molecule has 9 heteroatoms. The molecule has 1 saturated heterocycles. The van der Waals surface area contributed by atoms with Crippen LogP contribution in [0.5, 0.6) is 0 Å². The SMILES string of the molecule is C[C@@]1(n2ccc3c(N)ncnc32)O[C@H](CO)[C@@H](O)[C@]1(O)CO. The fourth-order valence-electron chi connectivity index (χ4n) is 3.00. The Kier molecular flexibility index (Phi) is 3.34. The molecule has 0 amide bonds. The van der Waals surface area contributed by atoms with Crippen LogP contribution in [-0.4, -0.2) is 66.0 Å². The van der Waals surface area contributed by atoms with Crippen LogP contribution in [0.15, 0.2) is 18.6 Å². The zero-order chi connectivity index (χ0) is 16.1. The second-order valence-electron chi connectivity index (χ2n) is 5.53. The van der Waals surface area contributed by atoms with E-state index >= 15 is 0 Å². The molecule has 1 aliphatic rings. The van der Waals surface area contributed by atoms with Gasteiger partial charge in [0.2, 0.25) is 0 Å². The zero-order valence-corrected chi connectivity index (χ0v) is 11.9. The number of ether oxygens (including phenoxy) is 1. The summed E-state index contributed by atoms with van der Waals surface area (Å²) in [6, 6.07) is 1.65. The van der Waals surface area contributed by atoms with Gasteiger partial charge in [-0.3, -0.25) is 0 Å². The van der Waals surface area contributed by atoms with Crippen LogP contribution in [0, 0.1) is 0 Å². The molecule has 4 atom stereocenters. The molecule has 0 aromatic carbocycles. The lowest BCUT2D eigenvalue weighted by molar-refractivity contribution is -0.197. The number of rotatable bonds is 3. The minimum Gasteiger partial charge on any atom is -0.394 e. The van der Waals surface area contributed by atoms with Crippen LogP contribution in [-0.2, 0) is 10.5 Å². The van der Waals surface area contributed by atoms with Crippen molar-refractivity contribution in [3.8, 4) is 0 Å². The third-order valence-corrected chi connectivity index (χ3v) is 4.42. The molecular weight excluding hydrogens is 292 g/mol. The largest absolute Gasteiger partial charge is 0.394 e. The number of aliphatic hydroxyl groups is 4. The molecule has 0 unspecified atom stereocenters. The summed E-state index contributed by atoms with van der Waals surface area (Å²) in [6.07, 6.45) is 0.329. The van der Waals surface area contributed by atoms with Gasteiger partial charge in [-0.05, 0) is 13.0 Å². The lowest BCUT2D eigenvalue weighted by Gasteiger charge is -2.39. The van der Waals surface area contributed by atoms with E-state index in [-0.39, 0.29) is 5.82 Å². The third kappa shape index (κ3) is 1.71. The van der Waals surface area contributed by atoms with Gasteiger partial charge in [-0.1, -0.05) is 0 Å². The van der Waals surface area contributed by atoms with Crippen LogP contribution in [0.4, 0.5) is 5.82 Å². The number of nitrogens with two attached hydrogens (primary N) is 1. The van der Waals surface area contributed by atoms with Crippen molar-refractivity contribution >= 4 is 16.9 Å². The summed E-state index contributed by atoms with van der Waals surface area (Å²) in [6.45, 7) is 0.233. The molecule has 1 fully saturated rings. The van der Waals surface area contributed by atoms with Gasteiger partial charge in [0.1, 0.15) is 30.0 Å². The molecular formula is C13H18N4O5. The smallest absolute Gasteiger partial charge is 0.177 e. The first-order valence-corrected chi connectivity index (χ1v) is 6.77. The molecule has 9 nitrogen and oxygen atoms in total. The summed E-state index contributed by atoms with van der Waals surface area (Å²) in [4.78, 5) is 8.01. The van der Waals surface area contributed by atoms with Crippen LogP contribution < -0.4 is 5.73 Å². The van der Waals surface area contributed by atoms with Crippen LogP contribution >= 0.6 is 0 Å². The van der Waals surface area contributed by atoms with E-state index in [1.807, 2.05) is 0 Å². The van der Waals surface area contributed by atoms with Crippen LogP contribution in [0.25, 0.3) is 11.0 Å². The van der Waals surface area contributed by atoms with Crippen LogP contribution in [0.2, 0.25) is 0 Å². The van der Waals surface area contributed by atoms with Gasteiger partial charge in [-0.25, -0.2) is 9.97 Å². The highest BCUT2D eigenvalue weighted by Gasteiger charge is 2.63. The Morgan fingerprint density at radius 1 is 1.41 bits per heavy atom. The van der Waals surface area contributed by atoms with E-state index in [9.17, 15) is 20.4 Å². The summed E-state index contributed by atoms with van der Waals surface area (Å²) >= 11 is 0. The van der Waals surface area contributed by atoms with Crippen molar-refractivity contribution in [2.75, 3.05) is 18.9 Å². The highest BCUT2D eigenvalue weighted by molar-refractivity contribution is 5.86. The zero-order valence-electron chi connectivity index (χ0n) is 11.9. The number of aromatic nitrogens is 3. The maximum Gasteiger partial charge on any atom is 0.177 e. The molecule has 0 aliphatic carbocycles. The van der Waals surface area contributed by atoms with Crippen LogP contribution in [0.1, 0.15) is 6.92 Å². The Bertz CT molecular complexity index is 707. The summed E-state index contributed by atoms with van der Waals surface area (Å²) in [5, 5.41) is 40.5. The number of fused-ring (bicyclic) bond motifs is 1. The molecule has 3 heterocycles. The molecule has 0 saturated carbocycles. The second-order valence-corrected chi connectivity index (χ2v) is 5.53. The number of nitrogens with zero attached hydrogens (tertiary/aromatic N) is 3. The average molecular weight is 310 g/mol. The molecule has 22 heavy (non-hydrogen) atoms. The van der Waals surface area contributed by atoms with E-state index in [1.165, 1.54) is 17.8 Å². The quantitative estimate of drug-likeness (QED) is 0.444. The Balaban J connectivity index is 2.21. The van der Waals surface area contributed by atoms with Gasteiger partial charge < -0.3 is 35.5 Å². The van der Waals surface area contributed by atoms with E-state index in [2.05, 4.69) is 9.97 Å². The van der Waals surface area contributed by atoms with Gasteiger partial charge in [-0.15, -0.1) is 0 Å². The molecule has 3 rings (SSSR count). The van der Waals surface area contributed by atoms with Crippen molar-refractivity contribution in [3.63, 3.8) is 0 Å². The number of nitrogen functional groups attached to an aromatic ring is 1. The predicted molar refractivity (Wildman–Crippen MR) is 75.6 cm³/mol. The third-order valence-electron chi connectivity index (χ3n) is 4.42. The summed E-state index contributed by atoms with van der Waals surface area (Å²) in [5.74, 6) is 0.261. The molecule has 2 aromatic rings. The van der Waals surface area contributed by atoms with Crippen molar-refractivity contribution in [2.24, 2.45) is 0 Å². The number of hydrogen-bond acceptors (Lipinski definition) is 8. The minimum atomic E-state index is -2.02. The summed E-state index contributed by atoms with van der Waals surface area (Å²) in [5.41, 5.74) is 2.60. The molecule has 2 aromatic heterocycles. The highest BCUT2D eigenvalue weighted by atomic mass is 16.6. The summed E-state index contributed by atoms with van der Waals surface area (Å²) < 4.78 is 7.13. The monoisotopic (exact) mass is 310 g/mol. The lowest BCUT2D eigenvalue weighted by atomic mass is 9.87. The fraction of sp³-hybridized carbons (Fsp3) is 0.538. The Labute approximate surface area is 125 Å². The molecule has 120 valence electrons. The molecule has 0 radical (unpaired) electrons. The lowest BCUT2D eigenvalue weighted by Crippen LogP contribution is -2.58. The minimum absolute atomic E-state index is 0.261. The van der Waals surface area contributed by atoms with Crippen molar-refractivity contribution in [1.29, 1.82) is 0 Å². The van der Waals surface area contributed by atoms with Crippen molar-refractivity contribution < 1.29 is 25.2 Å². The normalized spacial score (nSPS) is 35.3. The fourth-order valence-corrected chi connectivity index (χ4v) is 3.00. The van der Waals surface area contributed by atoms with E-state index in [4.69, 9.17) is 10.5 Å². The van der Waals surface area contributed by atoms with Crippen molar-refractivity contribution in [1.82, 2.24) is 14.5 Å². The van der Waals surface area contributed by atoms with E-state index in [0.717, 1.165) is 0 Å². The Morgan fingerprint density at radius 3 is 2.77 bits per heavy atom. The highest BCUT2D eigenvalue weighted by Crippen LogP contribution is 2.44. The van der Waals surface area contributed by atoms with Gasteiger partial charge in [0.25, 0.3) is 0 Å². The number of anilines is 1. The Morgan fingerprint density at radius 2 is 2.14 bits per heavy atom. The van der Waals surface area contributed by atoms with Crippen LogP contribution in [0.3, 0.4) is 0 Å². The number of aliphatic hydroxyl groups excluding tert-OH is 3. The van der Waals surface area contributed by atoms with E-state index < -0.39 is 36.7 Å².